The molecule has 0 amide bonds. The molecule has 1 spiro atoms. The van der Waals surface area contributed by atoms with E-state index < -0.39 is 45.8 Å². The average Bonchev–Trinajstić information content (AvgIpc) is 2.95. The summed E-state index contributed by atoms with van der Waals surface area (Å²) in [6, 6.07) is 0. The van der Waals surface area contributed by atoms with Crippen molar-refractivity contribution in [2.24, 2.45) is 0 Å². The van der Waals surface area contributed by atoms with Crippen molar-refractivity contribution in [1.82, 2.24) is 0 Å². The Balaban J connectivity index is 1.90. The molecule has 1 aliphatic heterocycles. The number of carbonyl (C=O) groups excluding carboxylic acids is 2. The van der Waals surface area contributed by atoms with E-state index in [1.54, 1.807) is 0 Å². The van der Waals surface area contributed by atoms with Crippen molar-refractivity contribution in [3.63, 3.8) is 0 Å². The average molecular weight is 374 g/mol. The fourth-order valence-corrected chi connectivity index (χ4v) is 2.81. The molecule has 0 bridgehead atoms. The number of esters is 2. The molecule has 1 heterocycles. The summed E-state index contributed by atoms with van der Waals surface area (Å²) in [5.41, 5.74) is 0. The molecule has 9 nitrogen and oxygen atoms in total. The summed E-state index contributed by atoms with van der Waals surface area (Å²) in [6.45, 7) is -0.593. The van der Waals surface area contributed by atoms with Gasteiger partial charge < -0.3 is 18.9 Å². The van der Waals surface area contributed by atoms with Crippen LogP contribution in [0.5, 0.6) is 0 Å². The van der Waals surface area contributed by atoms with Gasteiger partial charge in [0, 0.05) is 6.42 Å². The van der Waals surface area contributed by atoms with E-state index in [1.165, 1.54) is 0 Å². The molecule has 1 unspecified atom stereocenters. The standard InChI is InChI=1S/C12H16F2O9S/c13-12(14,24(17,18)19)10(16)20-7-9(15)23-8-3-1-2-4-11(8)21-5-6-22-11/h8H,1-7H2,(H,17,18,19). The van der Waals surface area contributed by atoms with Crippen LogP contribution in [-0.4, -0.2) is 61.9 Å². The van der Waals surface area contributed by atoms with Crippen molar-refractivity contribution in [3.05, 3.63) is 0 Å². The van der Waals surface area contributed by atoms with Crippen LogP contribution in [0.25, 0.3) is 0 Å². The molecule has 0 aromatic carbocycles. The predicted octanol–water partition coefficient (Wildman–Crippen LogP) is 0.239. The Bertz CT molecular complexity index is 598. The fourth-order valence-electron chi connectivity index (χ4n) is 2.54. The second-order valence-corrected chi connectivity index (χ2v) is 6.76. The molecular formula is C12H16F2O9S. The van der Waals surface area contributed by atoms with Gasteiger partial charge in [0.1, 0.15) is 0 Å². The SMILES string of the molecule is O=C(COC(=O)C(F)(F)S(=O)(=O)O)OC1CCCCC12OCCO2. The van der Waals surface area contributed by atoms with Crippen molar-refractivity contribution in [2.45, 2.75) is 42.8 Å². The molecule has 0 aromatic heterocycles. The van der Waals surface area contributed by atoms with Crippen molar-refractivity contribution in [2.75, 3.05) is 19.8 Å². The molecule has 2 fully saturated rings. The van der Waals surface area contributed by atoms with Crippen LogP contribution in [0.1, 0.15) is 25.7 Å². The van der Waals surface area contributed by atoms with Gasteiger partial charge >= 0.3 is 27.3 Å². The smallest absolute Gasteiger partial charge is 0.454 e. The van der Waals surface area contributed by atoms with Gasteiger partial charge in [-0.05, 0) is 19.3 Å². The Morgan fingerprint density at radius 2 is 1.88 bits per heavy atom. The molecule has 12 heteroatoms. The molecule has 1 atom stereocenters. The first kappa shape index (κ1) is 19.0. The number of carbonyl (C=O) groups is 2. The molecule has 1 aliphatic carbocycles. The summed E-state index contributed by atoms with van der Waals surface area (Å²) >= 11 is 0. The molecule has 2 rings (SSSR count). The van der Waals surface area contributed by atoms with E-state index in [4.69, 9.17) is 18.8 Å². The zero-order chi connectivity index (χ0) is 18.0. The van der Waals surface area contributed by atoms with Crippen LogP contribution in [0.4, 0.5) is 8.78 Å². The quantitative estimate of drug-likeness (QED) is 0.532. The first-order chi connectivity index (χ1) is 11.1. The Kier molecular flexibility index (Phi) is 5.42. The van der Waals surface area contributed by atoms with Crippen molar-refractivity contribution in [3.8, 4) is 0 Å². The second-order valence-electron chi connectivity index (χ2n) is 5.30. The first-order valence-electron chi connectivity index (χ1n) is 7.08. The van der Waals surface area contributed by atoms with Gasteiger partial charge in [0.25, 0.3) is 0 Å². The molecular weight excluding hydrogens is 358 g/mol. The number of hydrogen-bond donors (Lipinski definition) is 1. The summed E-state index contributed by atoms with van der Waals surface area (Å²) < 4.78 is 74.9. The lowest BCUT2D eigenvalue weighted by Crippen LogP contribution is -2.49. The highest BCUT2D eigenvalue weighted by Crippen LogP contribution is 2.37. The maximum atomic E-state index is 13.0. The highest BCUT2D eigenvalue weighted by atomic mass is 32.2. The van der Waals surface area contributed by atoms with E-state index in [0.29, 0.717) is 26.1 Å². The van der Waals surface area contributed by atoms with Crippen molar-refractivity contribution in [1.29, 1.82) is 0 Å². The Labute approximate surface area is 135 Å². The maximum absolute atomic E-state index is 13.0. The highest BCUT2D eigenvalue weighted by Gasteiger charge is 2.54. The summed E-state index contributed by atoms with van der Waals surface area (Å²) in [6.07, 6.45) is 1.64. The summed E-state index contributed by atoms with van der Waals surface area (Å²) in [4.78, 5) is 22.7. The third kappa shape index (κ3) is 3.82. The van der Waals surface area contributed by atoms with Gasteiger partial charge in [-0.3, -0.25) is 4.55 Å². The van der Waals surface area contributed by atoms with Gasteiger partial charge in [0.05, 0.1) is 13.2 Å². The van der Waals surface area contributed by atoms with Gasteiger partial charge in [0.2, 0.25) is 5.79 Å². The maximum Gasteiger partial charge on any atom is 0.465 e. The summed E-state index contributed by atoms with van der Waals surface area (Å²) in [5, 5.41) is -5.17. The van der Waals surface area contributed by atoms with E-state index in [0.717, 1.165) is 12.8 Å². The lowest BCUT2D eigenvalue weighted by Gasteiger charge is -2.38. The molecule has 0 aromatic rings. The molecule has 1 N–H and O–H groups in total. The van der Waals surface area contributed by atoms with Crippen molar-refractivity contribution >= 4 is 22.1 Å². The monoisotopic (exact) mass is 374 g/mol. The van der Waals surface area contributed by atoms with Crippen LogP contribution >= 0.6 is 0 Å². The van der Waals surface area contributed by atoms with Gasteiger partial charge in [-0.1, -0.05) is 0 Å². The number of halogens is 2. The van der Waals surface area contributed by atoms with E-state index in [1.807, 2.05) is 0 Å². The zero-order valence-electron chi connectivity index (χ0n) is 12.4. The zero-order valence-corrected chi connectivity index (χ0v) is 13.2. The molecule has 2 aliphatic rings. The second kappa shape index (κ2) is 6.86. The topological polar surface area (TPSA) is 125 Å². The van der Waals surface area contributed by atoms with Gasteiger partial charge in [-0.15, -0.1) is 0 Å². The lowest BCUT2D eigenvalue weighted by atomic mass is 9.91. The molecule has 138 valence electrons. The minimum Gasteiger partial charge on any atom is -0.454 e. The minimum absolute atomic E-state index is 0.323. The van der Waals surface area contributed by atoms with Crippen LogP contribution in [0.15, 0.2) is 0 Å². The number of hydrogen-bond acceptors (Lipinski definition) is 8. The van der Waals surface area contributed by atoms with E-state index in [2.05, 4.69) is 4.74 Å². The fraction of sp³-hybridized carbons (Fsp3) is 0.833. The third-order valence-corrected chi connectivity index (χ3v) is 4.48. The third-order valence-electron chi connectivity index (χ3n) is 3.66. The molecule has 1 saturated carbocycles. The van der Waals surface area contributed by atoms with Crippen LogP contribution in [0, 0.1) is 0 Å². The summed E-state index contributed by atoms with van der Waals surface area (Å²) in [7, 11) is -5.99. The first-order valence-corrected chi connectivity index (χ1v) is 8.52. The Morgan fingerprint density at radius 3 is 2.46 bits per heavy atom. The van der Waals surface area contributed by atoms with E-state index in [9.17, 15) is 26.8 Å². The van der Waals surface area contributed by atoms with E-state index >= 15 is 0 Å². The van der Waals surface area contributed by atoms with Gasteiger partial charge in [-0.25, -0.2) is 9.59 Å². The lowest BCUT2D eigenvalue weighted by molar-refractivity contribution is -0.246. The van der Waals surface area contributed by atoms with Crippen LogP contribution in [0.2, 0.25) is 0 Å². The van der Waals surface area contributed by atoms with Gasteiger partial charge in [0.15, 0.2) is 12.7 Å². The minimum atomic E-state index is -5.99. The van der Waals surface area contributed by atoms with Crippen molar-refractivity contribution < 1.29 is 50.3 Å². The van der Waals surface area contributed by atoms with Crippen LogP contribution in [-0.2, 0) is 38.7 Å². The Morgan fingerprint density at radius 1 is 1.25 bits per heavy atom. The van der Waals surface area contributed by atoms with Crippen LogP contribution in [0.3, 0.4) is 0 Å². The number of alkyl halides is 2. The van der Waals surface area contributed by atoms with E-state index in [-0.39, 0.29) is 0 Å². The molecule has 0 radical (unpaired) electrons. The van der Waals surface area contributed by atoms with Crippen LogP contribution < -0.4 is 0 Å². The predicted molar refractivity (Wildman–Crippen MR) is 70.4 cm³/mol. The number of ether oxygens (including phenoxy) is 4. The molecule has 24 heavy (non-hydrogen) atoms. The molecule has 1 saturated heterocycles. The summed E-state index contributed by atoms with van der Waals surface area (Å²) in [5.74, 6) is -4.83. The highest BCUT2D eigenvalue weighted by molar-refractivity contribution is 7.87. The normalized spacial score (nSPS) is 23.9. The largest absolute Gasteiger partial charge is 0.465 e. The Hall–Kier alpha value is -1.37. The van der Waals surface area contributed by atoms with Gasteiger partial charge in [-0.2, -0.15) is 17.2 Å². The number of rotatable bonds is 5.